The number of unbranched alkanes of at least 4 members (excludes halogenated alkanes) is 20. The largest absolute Gasteiger partial charge is 0.394 e. The molecule has 0 saturated carbocycles. The normalized spacial score (nSPS) is 20.5. The minimum absolute atomic E-state index is 0.194. The molecular formula is C58H99NO8. The topological polar surface area (TPSA) is 149 Å². The van der Waals surface area contributed by atoms with Gasteiger partial charge in [0.2, 0.25) is 5.91 Å². The Hall–Kier alpha value is -2.89. The molecule has 1 rings (SSSR count). The fourth-order valence-corrected chi connectivity index (χ4v) is 7.89. The number of aliphatic hydroxyl groups excluding tert-OH is 5. The third kappa shape index (κ3) is 36.7. The molecule has 384 valence electrons. The van der Waals surface area contributed by atoms with Crippen LogP contribution in [0.15, 0.2) is 97.2 Å². The quantitative estimate of drug-likeness (QED) is 0.0261. The molecule has 0 radical (unpaired) electrons. The van der Waals surface area contributed by atoms with E-state index in [0.29, 0.717) is 6.42 Å². The van der Waals surface area contributed by atoms with Crippen LogP contribution in [0.25, 0.3) is 0 Å². The summed E-state index contributed by atoms with van der Waals surface area (Å²) in [6, 6.07) is -0.822. The molecule has 6 N–H and O–H groups in total. The van der Waals surface area contributed by atoms with Gasteiger partial charge in [0.25, 0.3) is 0 Å². The van der Waals surface area contributed by atoms with Gasteiger partial charge in [0.05, 0.1) is 25.4 Å². The maximum atomic E-state index is 12.9. The molecule has 9 nitrogen and oxygen atoms in total. The average molecular weight is 938 g/mol. The molecule has 0 aromatic heterocycles. The van der Waals surface area contributed by atoms with E-state index < -0.39 is 49.5 Å². The van der Waals surface area contributed by atoms with Gasteiger partial charge >= 0.3 is 0 Å². The monoisotopic (exact) mass is 938 g/mol. The zero-order valence-electron chi connectivity index (χ0n) is 42.4. The first kappa shape index (κ1) is 62.1. The number of carbonyl (C=O) groups excluding carboxylic acids is 1. The zero-order valence-corrected chi connectivity index (χ0v) is 42.4. The molecule has 0 aromatic rings. The lowest BCUT2D eigenvalue weighted by atomic mass is 9.99. The van der Waals surface area contributed by atoms with Crippen molar-refractivity contribution in [1.82, 2.24) is 5.32 Å². The van der Waals surface area contributed by atoms with Crippen molar-refractivity contribution in [2.45, 2.75) is 249 Å². The van der Waals surface area contributed by atoms with Crippen LogP contribution in [0.2, 0.25) is 0 Å². The zero-order chi connectivity index (χ0) is 48.7. The van der Waals surface area contributed by atoms with Crippen LogP contribution in [-0.2, 0) is 14.3 Å². The summed E-state index contributed by atoms with van der Waals surface area (Å²) in [4.78, 5) is 12.9. The van der Waals surface area contributed by atoms with Gasteiger partial charge in [0.1, 0.15) is 24.4 Å². The van der Waals surface area contributed by atoms with Gasteiger partial charge in [-0.3, -0.25) is 4.79 Å². The molecule has 0 spiro atoms. The lowest BCUT2D eigenvalue weighted by Crippen LogP contribution is -2.60. The van der Waals surface area contributed by atoms with E-state index in [9.17, 15) is 30.3 Å². The summed E-state index contributed by atoms with van der Waals surface area (Å²) in [6.45, 7) is 3.52. The number of amides is 1. The fourth-order valence-electron chi connectivity index (χ4n) is 7.89. The van der Waals surface area contributed by atoms with E-state index in [1.165, 1.54) is 103 Å². The lowest BCUT2D eigenvalue weighted by Gasteiger charge is -2.40. The molecule has 0 aromatic carbocycles. The SMILES string of the molecule is CC/C=C\C/C=C\C/C=C\C/C=C\C/C=C\C/C=C\CCCCCCCCCCCCCCCCCCCCC(=O)NC(COC1OC(CO)C(O)C(O)C1O)C(O)/C=C/CC/C=C/CCC. The number of hydrogen-bond donors (Lipinski definition) is 6. The number of hydrogen-bond acceptors (Lipinski definition) is 8. The molecule has 1 amide bonds. The average Bonchev–Trinajstić information content (AvgIpc) is 3.33. The fraction of sp³-hybridized carbons (Fsp3) is 0.707. The van der Waals surface area contributed by atoms with E-state index in [1.54, 1.807) is 6.08 Å². The Morgan fingerprint density at radius 1 is 0.522 bits per heavy atom. The Kier molecular flexibility index (Phi) is 43.4. The van der Waals surface area contributed by atoms with Crippen molar-refractivity contribution in [2.75, 3.05) is 13.2 Å². The van der Waals surface area contributed by atoms with Crippen molar-refractivity contribution in [3.05, 3.63) is 97.2 Å². The van der Waals surface area contributed by atoms with Gasteiger partial charge in [-0.2, -0.15) is 0 Å². The molecule has 67 heavy (non-hydrogen) atoms. The number of ether oxygens (including phenoxy) is 2. The highest BCUT2D eigenvalue weighted by molar-refractivity contribution is 5.76. The summed E-state index contributed by atoms with van der Waals surface area (Å²) >= 11 is 0. The predicted octanol–water partition coefficient (Wildman–Crippen LogP) is 12.8. The van der Waals surface area contributed by atoms with E-state index in [4.69, 9.17) is 9.47 Å². The van der Waals surface area contributed by atoms with Gasteiger partial charge in [-0.05, 0) is 77.0 Å². The minimum Gasteiger partial charge on any atom is -0.394 e. The molecule has 1 aliphatic heterocycles. The second kappa shape index (κ2) is 46.8. The Labute approximate surface area is 409 Å². The molecular weight excluding hydrogens is 839 g/mol. The Balaban J connectivity index is 2.04. The molecule has 1 heterocycles. The van der Waals surface area contributed by atoms with E-state index in [1.807, 2.05) is 6.08 Å². The first-order valence-electron chi connectivity index (χ1n) is 27.0. The van der Waals surface area contributed by atoms with Gasteiger partial charge in [-0.25, -0.2) is 0 Å². The van der Waals surface area contributed by atoms with E-state index in [-0.39, 0.29) is 12.5 Å². The molecule has 1 saturated heterocycles. The van der Waals surface area contributed by atoms with Gasteiger partial charge in [0.15, 0.2) is 6.29 Å². The summed E-state index contributed by atoms with van der Waals surface area (Å²) in [7, 11) is 0. The third-order valence-electron chi connectivity index (χ3n) is 12.1. The minimum atomic E-state index is -1.57. The van der Waals surface area contributed by atoms with Crippen LogP contribution in [0.5, 0.6) is 0 Å². The predicted molar refractivity (Wildman–Crippen MR) is 281 cm³/mol. The highest BCUT2D eigenvalue weighted by Crippen LogP contribution is 2.23. The van der Waals surface area contributed by atoms with Crippen LogP contribution in [0, 0.1) is 0 Å². The standard InChI is InChI=1S/C58H99NO8/c1-3-5-7-9-11-12-13-14-15-16-17-18-19-20-21-22-23-24-25-26-27-28-29-30-31-32-33-34-35-36-37-38-39-40-42-44-46-48-54(62)59-51(52(61)47-45-43-41-10-8-6-4-2)50-66-58-57(65)56(64)55(63)53(49-60)67-58/h5,7-8,10-12,14-15,17-18,20-21,23-24,45,47,51-53,55-58,60-61,63-65H,3-4,6,9,13,16,19,22,25-44,46,48-50H2,1-2H3,(H,59,62)/b7-5-,10-8+,12-11-,15-14-,18-17-,21-20-,24-23-,47-45+. The molecule has 1 aliphatic rings. The Bertz CT molecular complexity index is 1370. The summed E-state index contributed by atoms with van der Waals surface area (Å²) in [5.74, 6) is -0.194. The van der Waals surface area contributed by atoms with E-state index in [2.05, 4.69) is 104 Å². The van der Waals surface area contributed by atoms with Crippen molar-refractivity contribution in [3.63, 3.8) is 0 Å². The van der Waals surface area contributed by atoms with E-state index in [0.717, 1.165) is 83.5 Å². The highest BCUT2D eigenvalue weighted by Gasteiger charge is 2.44. The molecule has 7 unspecified atom stereocenters. The number of allylic oxidation sites excluding steroid dienone is 15. The highest BCUT2D eigenvalue weighted by atomic mass is 16.7. The van der Waals surface area contributed by atoms with Gasteiger partial charge in [-0.1, -0.05) is 220 Å². The van der Waals surface area contributed by atoms with Crippen LogP contribution >= 0.6 is 0 Å². The number of carbonyl (C=O) groups is 1. The van der Waals surface area contributed by atoms with Crippen LogP contribution in [-0.4, -0.2) is 87.5 Å². The maximum absolute atomic E-state index is 12.9. The second-order valence-electron chi connectivity index (χ2n) is 18.3. The third-order valence-corrected chi connectivity index (χ3v) is 12.1. The van der Waals surface area contributed by atoms with Crippen LogP contribution in [0.4, 0.5) is 0 Å². The van der Waals surface area contributed by atoms with Crippen molar-refractivity contribution in [1.29, 1.82) is 0 Å². The maximum Gasteiger partial charge on any atom is 0.220 e. The number of rotatable bonds is 44. The molecule has 7 atom stereocenters. The summed E-state index contributed by atoms with van der Waals surface area (Å²) in [5.41, 5.74) is 0. The number of nitrogens with one attached hydrogen (secondary N) is 1. The molecule has 0 bridgehead atoms. The van der Waals surface area contributed by atoms with Gasteiger partial charge in [0, 0.05) is 6.42 Å². The van der Waals surface area contributed by atoms with E-state index >= 15 is 0 Å². The van der Waals surface area contributed by atoms with Crippen LogP contribution < -0.4 is 5.32 Å². The van der Waals surface area contributed by atoms with Crippen molar-refractivity contribution >= 4 is 5.91 Å². The van der Waals surface area contributed by atoms with Crippen molar-refractivity contribution in [2.24, 2.45) is 0 Å². The summed E-state index contributed by atoms with van der Waals surface area (Å²) in [6.07, 6.45) is 61.0. The van der Waals surface area contributed by atoms with Crippen LogP contribution in [0.3, 0.4) is 0 Å². The first-order chi connectivity index (χ1) is 32.8. The smallest absolute Gasteiger partial charge is 0.220 e. The summed E-state index contributed by atoms with van der Waals surface area (Å²) < 4.78 is 11.2. The first-order valence-corrected chi connectivity index (χ1v) is 27.0. The van der Waals surface area contributed by atoms with Crippen LogP contribution in [0.1, 0.15) is 206 Å². The number of aliphatic hydroxyl groups is 5. The van der Waals surface area contributed by atoms with Crippen molar-refractivity contribution in [3.8, 4) is 0 Å². The Morgan fingerprint density at radius 3 is 1.42 bits per heavy atom. The lowest BCUT2D eigenvalue weighted by molar-refractivity contribution is -0.302. The Morgan fingerprint density at radius 2 is 0.940 bits per heavy atom. The molecule has 9 heteroatoms. The van der Waals surface area contributed by atoms with Crippen molar-refractivity contribution < 1.29 is 39.8 Å². The molecule has 1 fully saturated rings. The van der Waals surface area contributed by atoms with Gasteiger partial charge < -0.3 is 40.3 Å². The molecule has 0 aliphatic carbocycles. The second-order valence-corrected chi connectivity index (χ2v) is 18.3. The van der Waals surface area contributed by atoms with Gasteiger partial charge in [-0.15, -0.1) is 0 Å². The summed E-state index contributed by atoms with van der Waals surface area (Å²) in [5, 5.41) is 54.0.